The van der Waals surface area contributed by atoms with Crippen LogP contribution in [-0.4, -0.2) is 46.3 Å². The first kappa shape index (κ1) is 19.0. The van der Waals surface area contributed by atoms with Crippen molar-refractivity contribution in [2.75, 3.05) is 13.2 Å². The highest BCUT2D eigenvalue weighted by Crippen LogP contribution is 2.23. The first-order chi connectivity index (χ1) is 11.9. The van der Waals surface area contributed by atoms with E-state index < -0.39 is 11.0 Å². The monoisotopic (exact) mass is 369 g/mol. The van der Waals surface area contributed by atoms with Gasteiger partial charge in [-0.3, -0.25) is 19.7 Å². The van der Waals surface area contributed by atoms with Crippen LogP contribution in [0.2, 0.25) is 0 Å². The zero-order valence-electron chi connectivity index (χ0n) is 13.6. The Balaban J connectivity index is 1.87. The molecule has 1 aromatic carbocycles. The van der Waals surface area contributed by atoms with E-state index in [2.05, 4.69) is 18.1 Å². The maximum atomic E-state index is 12.3. The fraction of sp³-hybridized carbons (Fsp3) is 0.467. The number of nitrogens with one attached hydrogen (secondary N) is 1. The molecule has 0 unspecified atom stereocenters. The van der Waals surface area contributed by atoms with Crippen molar-refractivity contribution in [2.24, 2.45) is 0 Å². The van der Waals surface area contributed by atoms with Crippen molar-refractivity contribution in [2.45, 2.75) is 31.2 Å². The van der Waals surface area contributed by atoms with Crippen LogP contribution in [0.3, 0.4) is 0 Å². The van der Waals surface area contributed by atoms with E-state index in [-0.39, 0.29) is 36.1 Å². The predicted molar refractivity (Wildman–Crippen MR) is 90.9 cm³/mol. The molecule has 1 fully saturated rings. The number of carbonyl (C=O) groups excluding carboxylic acids is 2. The number of nitro benzene ring substituents is 1. The van der Waals surface area contributed by atoms with Crippen LogP contribution in [0.1, 0.15) is 18.9 Å². The number of non-ortho nitro benzene ring substituents is 1. The molecule has 1 N–H and O–H groups in total. The van der Waals surface area contributed by atoms with Crippen LogP contribution in [0, 0.1) is 10.1 Å². The molecule has 0 aromatic heterocycles. The second kappa shape index (κ2) is 8.67. The van der Waals surface area contributed by atoms with Crippen LogP contribution in [-0.2, 0) is 21.0 Å². The molecule has 1 heterocycles. The molecule has 0 spiro atoms. The molecule has 0 saturated carbocycles. The summed E-state index contributed by atoms with van der Waals surface area (Å²) in [7, 11) is 0. The Labute approximate surface area is 149 Å². The SMILES string of the molecule is CC(=O)NOC[C@@H]1C[C@H](S)CN1C(=O)OCc1ccc([N+](=O)[O-])cc1. The Morgan fingerprint density at radius 2 is 2.08 bits per heavy atom. The molecule has 2 amide bonds. The molecular formula is C15H19N3O6S. The molecule has 2 atom stereocenters. The van der Waals surface area contributed by atoms with Gasteiger partial charge in [0.15, 0.2) is 0 Å². The van der Waals surface area contributed by atoms with E-state index in [1.165, 1.54) is 36.1 Å². The molecule has 136 valence electrons. The summed E-state index contributed by atoms with van der Waals surface area (Å²) in [4.78, 5) is 39.8. The highest BCUT2D eigenvalue weighted by atomic mass is 32.1. The summed E-state index contributed by atoms with van der Waals surface area (Å²) in [5.41, 5.74) is 2.84. The van der Waals surface area contributed by atoms with Crippen LogP contribution in [0.4, 0.5) is 10.5 Å². The zero-order valence-corrected chi connectivity index (χ0v) is 14.5. The van der Waals surface area contributed by atoms with Gasteiger partial charge in [0.05, 0.1) is 17.6 Å². The molecular weight excluding hydrogens is 350 g/mol. The number of likely N-dealkylation sites (tertiary alicyclic amines) is 1. The number of thiol groups is 1. The van der Waals surface area contributed by atoms with E-state index in [1.807, 2.05) is 0 Å². The normalized spacial score (nSPS) is 19.5. The van der Waals surface area contributed by atoms with Gasteiger partial charge in [-0.1, -0.05) is 0 Å². The van der Waals surface area contributed by atoms with Crippen LogP contribution >= 0.6 is 12.6 Å². The molecule has 25 heavy (non-hydrogen) atoms. The summed E-state index contributed by atoms with van der Waals surface area (Å²) in [6.45, 7) is 1.88. The quantitative estimate of drug-likeness (QED) is 0.448. The van der Waals surface area contributed by atoms with E-state index in [0.29, 0.717) is 18.5 Å². The number of benzene rings is 1. The van der Waals surface area contributed by atoms with Crippen molar-refractivity contribution >= 4 is 30.3 Å². The lowest BCUT2D eigenvalue weighted by atomic mass is 10.2. The smallest absolute Gasteiger partial charge is 0.410 e. The minimum absolute atomic E-state index is 0.00199. The Hall–Kier alpha value is -2.33. The van der Waals surface area contributed by atoms with Crippen LogP contribution in [0.5, 0.6) is 0 Å². The van der Waals surface area contributed by atoms with Crippen LogP contribution < -0.4 is 5.48 Å². The number of hydroxylamine groups is 1. The average Bonchev–Trinajstić information content (AvgIpc) is 2.93. The Morgan fingerprint density at radius 3 is 2.68 bits per heavy atom. The Bertz CT molecular complexity index is 639. The first-order valence-electron chi connectivity index (χ1n) is 7.60. The van der Waals surface area contributed by atoms with Gasteiger partial charge >= 0.3 is 6.09 Å². The number of hydrogen-bond donors (Lipinski definition) is 2. The van der Waals surface area contributed by atoms with Gasteiger partial charge in [0, 0.05) is 30.9 Å². The topological polar surface area (TPSA) is 111 Å². The van der Waals surface area contributed by atoms with Crippen LogP contribution in [0.15, 0.2) is 24.3 Å². The van der Waals surface area contributed by atoms with Gasteiger partial charge in [-0.2, -0.15) is 12.6 Å². The summed E-state index contributed by atoms with van der Waals surface area (Å²) < 4.78 is 5.26. The first-order valence-corrected chi connectivity index (χ1v) is 8.11. The van der Waals surface area contributed by atoms with E-state index in [1.54, 1.807) is 0 Å². The third-order valence-electron chi connectivity index (χ3n) is 3.63. The number of hydrogen-bond acceptors (Lipinski definition) is 7. The maximum Gasteiger partial charge on any atom is 0.410 e. The predicted octanol–water partition coefficient (Wildman–Crippen LogP) is 1.67. The molecule has 10 heteroatoms. The summed E-state index contributed by atoms with van der Waals surface area (Å²) in [6, 6.07) is 5.53. The molecule has 0 aliphatic carbocycles. The second-order valence-corrected chi connectivity index (χ2v) is 6.37. The van der Waals surface area contributed by atoms with Crippen molar-refractivity contribution in [3.05, 3.63) is 39.9 Å². The lowest BCUT2D eigenvalue weighted by Crippen LogP contribution is -2.40. The van der Waals surface area contributed by atoms with Crippen molar-refractivity contribution in [1.29, 1.82) is 0 Å². The zero-order chi connectivity index (χ0) is 18.4. The lowest BCUT2D eigenvalue weighted by molar-refractivity contribution is -0.384. The van der Waals surface area contributed by atoms with Crippen molar-refractivity contribution in [3.63, 3.8) is 0 Å². The van der Waals surface area contributed by atoms with E-state index in [9.17, 15) is 19.7 Å². The summed E-state index contributed by atoms with van der Waals surface area (Å²) in [5.74, 6) is -0.326. The highest BCUT2D eigenvalue weighted by molar-refractivity contribution is 7.81. The molecule has 1 saturated heterocycles. The highest BCUT2D eigenvalue weighted by Gasteiger charge is 2.35. The third kappa shape index (κ3) is 5.61. The maximum absolute atomic E-state index is 12.3. The van der Waals surface area contributed by atoms with Gasteiger partial charge in [-0.05, 0) is 24.1 Å². The number of amides is 2. The van der Waals surface area contributed by atoms with Gasteiger partial charge in [0.25, 0.3) is 5.69 Å². The largest absolute Gasteiger partial charge is 0.445 e. The third-order valence-corrected chi connectivity index (χ3v) is 4.00. The fourth-order valence-corrected chi connectivity index (χ4v) is 2.87. The summed E-state index contributed by atoms with van der Waals surface area (Å²) >= 11 is 4.38. The minimum atomic E-state index is -0.522. The molecule has 9 nitrogen and oxygen atoms in total. The van der Waals surface area contributed by atoms with E-state index in [4.69, 9.17) is 9.57 Å². The Morgan fingerprint density at radius 1 is 1.40 bits per heavy atom. The molecule has 1 aliphatic rings. The number of nitro groups is 1. The van der Waals surface area contributed by atoms with Crippen molar-refractivity contribution < 1.29 is 24.1 Å². The standard InChI is InChI=1S/C15H19N3O6S/c1-10(19)16-24-9-13-6-14(25)7-17(13)15(20)23-8-11-2-4-12(5-3-11)18(21)22/h2-5,13-14,25H,6-9H2,1H3,(H,16,19)/t13-,14-/m0/s1. The molecule has 1 aliphatic heterocycles. The van der Waals surface area contributed by atoms with Gasteiger partial charge in [-0.15, -0.1) is 0 Å². The van der Waals surface area contributed by atoms with Gasteiger partial charge in [0.2, 0.25) is 5.91 Å². The second-order valence-electron chi connectivity index (χ2n) is 5.64. The van der Waals surface area contributed by atoms with Crippen LogP contribution in [0.25, 0.3) is 0 Å². The van der Waals surface area contributed by atoms with E-state index >= 15 is 0 Å². The van der Waals surface area contributed by atoms with Crippen molar-refractivity contribution in [3.8, 4) is 0 Å². The van der Waals surface area contributed by atoms with Crippen molar-refractivity contribution in [1.82, 2.24) is 10.4 Å². The molecule has 2 rings (SSSR count). The fourth-order valence-electron chi connectivity index (χ4n) is 2.45. The lowest BCUT2D eigenvalue weighted by Gasteiger charge is -2.23. The number of nitrogens with zero attached hydrogens (tertiary/aromatic N) is 2. The van der Waals surface area contributed by atoms with Gasteiger partial charge in [0.1, 0.15) is 6.61 Å². The molecule has 0 bridgehead atoms. The minimum Gasteiger partial charge on any atom is -0.445 e. The summed E-state index contributed by atoms with van der Waals surface area (Å²) in [6.07, 6.45) is 0.0984. The number of carbonyl (C=O) groups is 2. The number of rotatable bonds is 6. The average molecular weight is 369 g/mol. The van der Waals surface area contributed by atoms with E-state index in [0.717, 1.165) is 0 Å². The van der Waals surface area contributed by atoms with Gasteiger partial charge in [-0.25, -0.2) is 10.3 Å². The summed E-state index contributed by atoms with van der Waals surface area (Å²) in [5, 5.41) is 10.6. The van der Waals surface area contributed by atoms with Gasteiger partial charge < -0.3 is 9.64 Å². The number of ether oxygens (including phenoxy) is 1. The Kier molecular flexibility index (Phi) is 6.59. The molecule has 0 radical (unpaired) electrons. The molecule has 1 aromatic rings.